The summed E-state index contributed by atoms with van der Waals surface area (Å²) in [4.78, 5) is 0. The van der Waals surface area contributed by atoms with E-state index in [4.69, 9.17) is 4.74 Å². The molecule has 0 aliphatic rings. The lowest BCUT2D eigenvalue weighted by Crippen LogP contribution is -2.09. The van der Waals surface area contributed by atoms with Crippen LogP contribution in [-0.4, -0.2) is 20.2 Å². The maximum atomic E-state index is 6.03. The van der Waals surface area contributed by atoms with E-state index in [2.05, 4.69) is 59.0 Å². The quantitative estimate of drug-likeness (QED) is 0.680. The third kappa shape index (κ3) is 4.56. The molecule has 0 bridgehead atoms. The van der Waals surface area contributed by atoms with Gasteiger partial charge in [-0.15, -0.1) is 0 Å². The molecule has 3 aromatic rings. The van der Waals surface area contributed by atoms with Crippen LogP contribution in [0.5, 0.6) is 5.75 Å². The van der Waals surface area contributed by atoms with Crippen molar-refractivity contribution >= 4 is 5.95 Å². The summed E-state index contributed by atoms with van der Waals surface area (Å²) >= 11 is 0. The molecule has 0 saturated heterocycles. The van der Waals surface area contributed by atoms with Crippen molar-refractivity contribution in [1.29, 1.82) is 0 Å². The topological polar surface area (TPSA) is 64.9 Å². The van der Waals surface area contributed by atoms with E-state index in [1.807, 2.05) is 24.3 Å². The second kappa shape index (κ2) is 8.28. The fraction of sp³-hybridized carbons (Fsp3) is 0.316. The zero-order valence-corrected chi connectivity index (χ0v) is 14.6. The van der Waals surface area contributed by atoms with Crippen LogP contribution in [0.15, 0.2) is 48.5 Å². The summed E-state index contributed by atoms with van der Waals surface area (Å²) in [7, 11) is 0. The molecule has 25 heavy (non-hydrogen) atoms. The van der Waals surface area contributed by atoms with Gasteiger partial charge < -0.3 is 10.1 Å². The average Bonchev–Trinajstić information content (AvgIpc) is 3.06. The molecule has 0 saturated carbocycles. The first kappa shape index (κ1) is 17.0. The standard InChI is InChI=1S/C19H23N5O/c1-3-11-24-19(21-22-23-24)20-13-17-9-4-5-10-18(17)25-14-16-8-6-7-15(2)12-16/h4-10,12H,3,11,13-14H2,1-2H3,(H,20,21,23). The van der Waals surface area contributed by atoms with Gasteiger partial charge >= 0.3 is 0 Å². The van der Waals surface area contributed by atoms with Crippen LogP contribution in [0.25, 0.3) is 0 Å². The van der Waals surface area contributed by atoms with Crippen LogP contribution >= 0.6 is 0 Å². The van der Waals surface area contributed by atoms with Crippen molar-refractivity contribution in [3.05, 3.63) is 65.2 Å². The average molecular weight is 337 g/mol. The Kier molecular flexibility index (Phi) is 5.61. The van der Waals surface area contributed by atoms with Crippen LogP contribution in [0.2, 0.25) is 0 Å². The summed E-state index contributed by atoms with van der Waals surface area (Å²) in [5.74, 6) is 1.54. The third-order valence-electron chi connectivity index (χ3n) is 3.85. The number of ether oxygens (including phenoxy) is 1. The smallest absolute Gasteiger partial charge is 0.243 e. The molecule has 1 heterocycles. The first-order valence-electron chi connectivity index (χ1n) is 8.52. The van der Waals surface area contributed by atoms with Crippen LogP contribution in [0.3, 0.4) is 0 Å². The highest BCUT2D eigenvalue weighted by Gasteiger charge is 2.08. The highest BCUT2D eigenvalue weighted by atomic mass is 16.5. The molecule has 3 rings (SSSR count). The molecule has 1 aromatic heterocycles. The number of rotatable bonds is 8. The maximum Gasteiger partial charge on any atom is 0.243 e. The van der Waals surface area contributed by atoms with Gasteiger partial charge in [0.1, 0.15) is 12.4 Å². The first-order chi connectivity index (χ1) is 12.3. The zero-order chi connectivity index (χ0) is 17.5. The summed E-state index contributed by atoms with van der Waals surface area (Å²) in [6, 6.07) is 16.4. The summed E-state index contributed by atoms with van der Waals surface area (Å²) in [6.45, 7) is 6.13. The van der Waals surface area contributed by atoms with Gasteiger partial charge in [0.05, 0.1) is 0 Å². The molecule has 0 unspecified atom stereocenters. The predicted molar refractivity (Wildman–Crippen MR) is 97.4 cm³/mol. The number of aryl methyl sites for hydroxylation is 2. The SMILES string of the molecule is CCCn1nnnc1NCc1ccccc1OCc1cccc(C)c1. The Morgan fingerprint density at radius 1 is 1.12 bits per heavy atom. The van der Waals surface area contributed by atoms with Crippen LogP contribution in [-0.2, 0) is 19.7 Å². The lowest BCUT2D eigenvalue weighted by atomic mass is 10.1. The molecule has 0 atom stereocenters. The van der Waals surface area contributed by atoms with Crippen molar-refractivity contribution in [2.24, 2.45) is 0 Å². The van der Waals surface area contributed by atoms with Gasteiger partial charge in [-0.2, -0.15) is 0 Å². The molecule has 0 aliphatic carbocycles. The van der Waals surface area contributed by atoms with Crippen LogP contribution in [0, 0.1) is 6.92 Å². The van der Waals surface area contributed by atoms with Crippen molar-refractivity contribution in [1.82, 2.24) is 20.2 Å². The minimum atomic E-state index is 0.548. The van der Waals surface area contributed by atoms with Gasteiger partial charge in [0.2, 0.25) is 5.95 Å². The molecule has 130 valence electrons. The van der Waals surface area contributed by atoms with E-state index in [9.17, 15) is 0 Å². The van der Waals surface area contributed by atoms with Crippen LogP contribution in [0.4, 0.5) is 5.95 Å². The van der Waals surface area contributed by atoms with E-state index in [0.717, 1.165) is 29.8 Å². The van der Waals surface area contributed by atoms with Gasteiger partial charge in [0.25, 0.3) is 0 Å². The number of para-hydroxylation sites is 1. The van der Waals surface area contributed by atoms with Crippen molar-refractivity contribution in [3.63, 3.8) is 0 Å². The van der Waals surface area contributed by atoms with E-state index >= 15 is 0 Å². The monoisotopic (exact) mass is 337 g/mol. The Bertz CT molecular complexity index is 815. The number of hydrogen-bond acceptors (Lipinski definition) is 5. The molecule has 0 radical (unpaired) electrons. The van der Waals surface area contributed by atoms with Crippen molar-refractivity contribution in [3.8, 4) is 5.75 Å². The molecule has 0 spiro atoms. The lowest BCUT2D eigenvalue weighted by molar-refractivity contribution is 0.303. The van der Waals surface area contributed by atoms with Gasteiger partial charge in [-0.3, -0.25) is 0 Å². The fourth-order valence-electron chi connectivity index (χ4n) is 2.62. The van der Waals surface area contributed by atoms with Crippen LogP contribution in [0.1, 0.15) is 30.0 Å². The Morgan fingerprint density at radius 3 is 2.84 bits per heavy atom. The highest BCUT2D eigenvalue weighted by molar-refractivity contribution is 5.37. The lowest BCUT2D eigenvalue weighted by Gasteiger charge is -2.13. The van der Waals surface area contributed by atoms with E-state index in [-0.39, 0.29) is 0 Å². The maximum absolute atomic E-state index is 6.03. The van der Waals surface area contributed by atoms with Crippen molar-refractivity contribution in [2.45, 2.75) is 40.0 Å². The van der Waals surface area contributed by atoms with Gasteiger partial charge in [-0.1, -0.05) is 60.1 Å². The molecule has 0 amide bonds. The summed E-state index contributed by atoms with van der Waals surface area (Å²) < 4.78 is 7.80. The predicted octanol–water partition coefficient (Wildman–Crippen LogP) is 3.58. The molecule has 6 nitrogen and oxygen atoms in total. The number of hydrogen-bond donors (Lipinski definition) is 1. The number of nitrogens with one attached hydrogen (secondary N) is 1. The summed E-state index contributed by atoms with van der Waals surface area (Å²) in [5, 5.41) is 15.0. The summed E-state index contributed by atoms with van der Waals surface area (Å²) in [5.41, 5.74) is 3.47. The van der Waals surface area contributed by atoms with Crippen LogP contribution < -0.4 is 10.1 Å². The largest absolute Gasteiger partial charge is 0.489 e. The minimum absolute atomic E-state index is 0.548. The second-order valence-electron chi connectivity index (χ2n) is 5.96. The number of aromatic nitrogens is 4. The number of anilines is 1. The molecule has 0 fully saturated rings. The highest BCUT2D eigenvalue weighted by Crippen LogP contribution is 2.20. The van der Waals surface area contributed by atoms with Crippen molar-refractivity contribution < 1.29 is 4.74 Å². The second-order valence-corrected chi connectivity index (χ2v) is 5.96. The Hall–Kier alpha value is -2.89. The molecule has 6 heteroatoms. The molecule has 0 aliphatic heterocycles. The number of benzene rings is 2. The summed E-state index contributed by atoms with van der Waals surface area (Å²) in [6.07, 6.45) is 0.982. The minimum Gasteiger partial charge on any atom is -0.489 e. The molecular formula is C19H23N5O. The van der Waals surface area contributed by atoms with Gasteiger partial charge in [-0.25, -0.2) is 4.68 Å². The Labute approximate surface area is 147 Å². The molecule has 2 aromatic carbocycles. The Morgan fingerprint density at radius 2 is 2.00 bits per heavy atom. The van der Waals surface area contributed by atoms with Gasteiger partial charge in [0, 0.05) is 18.7 Å². The van der Waals surface area contributed by atoms with E-state index in [0.29, 0.717) is 19.1 Å². The Balaban J connectivity index is 1.65. The van der Waals surface area contributed by atoms with E-state index in [1.54, 1.807) is 4.68 Å². The zero-order valence-electron chi connectivity index (χ0n) is 14.6. The first-order valence-corrected chi connectivity index (χ1v) is 8.52. The normalized spacial score (nSPS) is 10.6. The van der Waals surface area contributed by atoms with E-state index < -0.39 is 0 Å². The van der Waals surface area contributed by atoms with Gasteiger partial charge in [0.15, 0.2) is 0 Å². The van der Waals surface area contributed by atoms with E-state index in [1.165, 1.54) is 5.56 Å². The molecular weight excluding hydrogens is 314 g/mol. The molecule has 1 N–H and O–H groups in total. The number of nitrogens with zero attached hydrogens (tertiary/aromatic N) is 4. The van der Waals surface area contributed by atoms with Crippen molar-refractivity contribution in [2.75, 3.05) is 5.32 Å². The van der Waals surface area contributed by atoms with Gasteiger partial charge in [-0.05, 0) is 35.4 Å². The third-order valence-corrected chi connectivity index (χ3v) is 3.85. The number of tetrazole rings is 1. The fourth-order valence-corrected chi connectivity index (χ4v) is 2.62.